The lowest BCUT2D eigenvalue weighted by atomic mass is 10.0. The van der Waals surface area contributed by atoms with Gasteiger partial charge in [0, 0.05) is 11.6 Å². The molecule has 1 aliphatic carbocycles. The molecule has 3 nitrogen and oxygen atoms in total. The first-order valence-electron chi connectivity index (χ1n) is 6.77. The van der Waals surface area contributed by atoms with Gasteiger partial charge in [0.25, 0.3) is 0 Å². The Morgan fingerprint density at radius 3 is 2.90 bits per heavy atom. The Balaban J connectivity index is 2.01. The molecule has 0 aromatic heterocycles. The van der Waals surface area contributed by atoms with E-state index in [9.17, 15) is 9.50 Å². The molecule has 0 spiro atoms. The van der Waals surface area contributed by atoms with Crippen LogP contribution < -0.4 is 4.74 Å². The quantitative estimate of drug-likeness (QED) is 0.912. The predicted molar refractivity (Wildman–Crippen MR) is 75.6 cm³/mol. The third kappa shape index (κ3) is 2.48. The van der Waals surface area contributed by atoms with Crippen LogP contribution in [0.15, 0.2) is 30.3 Å². The van der Waals surface area contributed by atoms with Crippen LogP contribution in [0.4, 0.5) is 4.39 Å². The Hall–Kier alpha value is -2.38. The zero-order chi connectivity index (χ0) is 15.0. The fourth-order valence-electron chi connectivity index (χ4n) is 2.82. The van der Waals surface area contributed by atoms with E-state index in [0.29, 0.717) is 17.9 Å². The summed E-state index contributed by atoms with van der Waals surface area (Å²) in [6.07, 6.45) is 0.933. The standard InChI is InChI=1S/C17H14FNO2/c1-10-2-5-16(14-3-4-15(20)17(10)14)21-13-7-11(9-19)6-12(18)8-13/h2,5-8,15,20H,3-4H2,1H3. The number of rotatable bonds is 2. The summed E-state index contributed by atoms with van der Waals surface area (Å²) in [5, 5.41) is 18.9. The molecule has 1 atom stereocenters. The predicted octanol–water partition coefficient (Wildman–Crippen LogP) is 3.78. The highest BCUT2D eigenvalue weighted by Crippen LogP contribution is 2.40. The van der Waals surface area contributed by atoms with Crippen LogP contribution in [0.1, 0.15) is 34.8 Å². The highest BCUT2D eigenvalue weighted by Gasteiger charge is 2.25. The normalized spacial score (nSPS) is 16.4. The number of fused-ring (bicyclic) bond motifs is 1. The molecule has 2 aromatic rings. The number of benzene rings is 2. The minimum Gasteiger partial charge on any atom is -0.457 e. The Bertz CT molecular complexity index is 749. The summed E-state index contributed by atoms with van der Waals surface area (Å²) in [4.78, 5) is 0. The summed E-state index contributed by atoms with van der Waals surface area (Å²) < 4.78 is 19.2. The van der Waals surface area contributed by atoms with Gasteiger partial charge in [0.1, 0.15) is 17.3 Å². The third-order valence-electron chi connectivity index (χ3n) is 3.76. The van der Waals surface area contributed by atoms with Crippen molar-refractivity contribution in [2.24, 2.45) is 0 Å². The maximum atomic E-state index is 13.4. The minimum atomic E-state index is -0.507. The molecule has 0 bridgehead atoms. The topological polar surface area (TPSA) is 53.2 Å². The molecule has 0 amide bonds. The van der Waals surface area contributed by atoms with Gasteiger partial charge in [-0.2, -0.15) is 5.26 Å². The van der Waals surface area contributed by atoms with Gasteiger partial charge in [-0.25, -0.2) is 4.39 Å². The highest BCUT2D eigenvalue weighted by atomic mass is 19.1. The molecule has 1 aliphatic rings. The van der Waals surface area contributed by atoms with Crippen LogP contribution in [0.5, 0.6) is 11.5 Å². The SMILES string of the molecule is Cc1ccc(Oc2cc(F)cc(C#N)c2)c2c1C(O)CC2. The van der Waals surface area contributed by atoms with Crippen LogP contribution in [-0.4, -0.2) is 5.11 Å². The van der Waals surface area contributed by atoms with Gasteiger partial charge in [0.2, 0.25) is 0 Å². The molecule has 1 N–H and O–H groups in total. The van der Waals surface area contributed by atoms with Gasteiger partial charge in [-0.3, -0.25) is 0 Å². The first-order valence-corrected chi connectivity index (χ1v) is 6.77. The largest absolute Gasteiger partial charge is 0.457 e. The first kappa shape index (κ1) is 13.6. The lowest BCUT2D eigenvalue weighted by Crippen LogP contribution is -1.97. The maximum Gasteiger partial charge on any atom is 0.131 e. The highest BCUT2D eigenvalue weighted by molar-refractivity contribution is 5.50. The fourth-order valence-corrected chi connectivity index (χ4v) is 2.82. The summed E-state index contributed by atoms with van der Waals surface area (Å²) in [5.74, 6) is 0.397. The van der Waals surface area contributed by atoms with Crippen molar-refractivity contribution in [3.63, 3.8) is 0 Å². The van der Waals surface area contributed by atoms with Gasteiger partial charge < -0.3 is 9.84 Å². The third-order valence-corrected chi connectivity index (χ3v) is 3.76. The van der Waals surface area contributed by atoms with Gasteiger partial charge in [-0.1, -0.05) is 6.07 Å². The molecular formula is C17H14FNO2. The molecular weight excluding hydrogens is 269 g/mol. The van der Waals surface area contributed by atoms with E-state index in [1.54, 1.807) is 0 Å². The number of hydrogen-bond donors (Lipinski definition) is 1. The fraction of sp³-hybridized carbons (Fsp3) is 0.235. The summed E-state index contributed by atoms with van der Waals surface area (Å²) in [7, 11) is 0. The summed E-state index contributed by atoms with van der Waals surface area (Å²) in [6.45, 7) is 1.95. The van der Waals surface area contributed by atoms with Gasteiger partial charge in [0.05, 0.1) is 17.7 Å². The van der Waals surface area contributed by atoms with Gasteiger partial charge in [-0.05, 0) is 49.1 Å². The summed E-state index contributed by atoms with van der Waals surface area (Å²) >= 11 is 0. The molecule has 21 heavy (non-hydrogen) atoms. The number of aliphatic hydroxyl groups is 1. The maximum absolute atomic E-state index is 13.4. The lowest BCUT2D eigenvalue weighted by Gasteiger charge is -2.13. The molecule has 0 fully saturated rings. The molecule has 0 heterocycles. The molecule has 4 heteroatoms. The van der Waals surface area contributed by atoms with Crippen LogP contribution in [-0.2, 0) is 6.42 Å². The number of halogens is 1. The molecule has 0 aliphatic heterocycles. The van der Waals surface area contributed by atoms with Gasteiger partial charge in [-0.15, -0.1) is 0 Å². The van der Waals surface area contributed by atoms with Crippen molar-refractivity contribution in [1.29, 1.82) is 5.26 Å². The number of nitriles is 1. The van der Waals surface area contributed by atoms with Crippen molar-refractivity contribution in [3.8, 4) is 17.6 Å². The van der Waals surface area contributed by atoms with E-state index in [1.807, 2.05) is 25.1 Å². The second-order valence-electron chi connectivity index (χ2n) is 5.22. The second-order valence-corrected chi connectivity index (χ2v) is 5.22. The van der Waals surface area contributed by atoms with Gasteiger partial charge in [0.15, 0.2) is 0 Å². The van der Waals surface area contributed by atoms with Crippen molar-refractivity contribution in [3.05, 3.63) is 58.4 Å². The first-order chi connectivity index (χ1) is 10.1. The molecule has 1 unspecified atom stereocenters. The average Bonchev–Trinajstić information content (AvgIpc) is 2.84. The van der Waals surface area contributed by atoms with E-state index in [1.165, 1.54) is 12.1 Å². The van der Waals surface area contributed by atoms with Crippen molar-refractivity contribution in [2.45, 2.75) is 25.9 Å². The van der Waals surface area contributed by atoms with E-state index < -0.39 is 11.9 Å². The second kappa shape index (κ2) is 5.19. The van der Waals surface area contributed by atoms with E-state index in [4.69, 9.17) is 10.00 Å². The monoisotopic (exact) mass is 283 g/mol. The Morgan fingerprint density at radius 1 is 1.33 bits per heavy atom. The Labute approximate surface area is 122 Å². The van der Waals surface area contributed by atoms with Crippen molar-refractivity contribution in [2.75, 3.05) is 0 Å². The molecule has 2 aromatic carbocycles. The Morgan fingerprint density at radius 2 is 2.14 bits per heavy atom. The summed E-state index contributed by atoms with van der Waals surface area (Å²) in [5.41, 5.74) is 3.11. The average molecular weight is 283 g/mol. The number of aliphatic hydroxyl groups excluding tert-OH is 1. The van der Waals surface area contributed by atoms with E-state index in [0.717, 1.165) is 29.2 Å². The number of nitrogens with zero attached hydrogens (tertiary/aromatic N) is 1. The van der Waals surface area contributed by atoms with Crippen molar-refractivity contribution < 1.29 is 14.2 Å². The number of ether oxygens (including phenoxy) is 1. The summed E-state index contributed by atoms with van der Waals surface area (Å²) in [6, 6.07) is 9.52. The van der Waals surface area contributed by atoms with Crippen LogP contribution in [0.3, 0.4) is 0 Å². The Kier molecular flexibility index (Phi) is 3.36. The number of aryl methyl sites for hydroxylation is 1. The van der Waals surface area contributed by atoms with E-state index in [2.05, 4.69) is 0 Å². The van der Waals surface area contributed by atoms with E-state index >= 15 is 0 Å². The van der Waals surface area contributed by atoms with Gasteiger partial charge >= 0.3 is 0 Å². The zero-order valence-electron chi connectivity index (χ0n) is 11.6. The van der Waals surface area contributed by atoms with E-state index in [-0.39, 0.29) is 5.56 Å². The van der Waals surface area contributed by atoms with Crippen molar-refractivity contribution >= 4 is 0 Å². The lowest BCUT2D eigenvalue weighted by molar-refractivity contribution is 0.179. The molecule has 106 valence electrons. The minimum absolute atomic E-state index is 0.216. The van der Waals surface area contributed by atoms with Crippen LogP contribution in [0.25, 0.3) is 0 Å². The smallest absolute Gasteiger partial charge is 0.131 e. The zero-order valence-corrected chi connectivity index (χ0v) is 11.6. The van der Waals surface area contributed by atoms with Crippen LogP contribution >= 0.6 is 0 Å². The molecule has 0 saturated heterocycles. The van der Waals surface area contributed by atoms with Crippen LogP contribution in [0, 0.1) is 24.1 Å². The van der Waals surface area contributed by atoms with Crippen LogP contribution in [0.2, 0.25) is 0 Å². The molecule has 3 rings (SSSR count). The molecule has 0 saturated carbocycles. The number of hydrogen-bond acceptors (Lipinski definition) is 3. The molecule has 0 radical (unpaired) electrons. The van der Waals surface area contributed by atoms with Crippen molar-refractivity contribution in [1.82, 2.24) is 0 Å².